The van der Waals surface area contributed by atoms with Crippen molar-refractivity contribution in [2.75, 3.05) is 31.5 Å². The first-order valence-electron chi connectivity index (χ1n) is 8.73. The summed E-state index contributed by atoms with van der Waals surface area (Å²) in [4.78, 5) is 17.0. The minimum Gasteiger partial charge on any atom is -0.373 e. The third kappa shape index (κ3) is 4.21. The summed E-state index contributed by atoms with van der Waals surface area (Å²) in [6.07, 6.45) is 2.60. The predicted octanol–water partition coefficient (Wildman–Crippen LogP) is 3.45. The van der Waals surface area contributed by atoms with E-state index >= 15 is 0 Å². The molecule has 3 rings (SSSR count). The Morgan fingerprint density at radius 2 is 2.00 bits per heavy atom. The number of anilines is 1. The number of hydrogen-bond acceptors (Lipinski definition) is 3. The Morgan fingerprint density at radius 1 is 1.29 bits per heavy atom. The summed E-state index contributed by atoms with van der Waals surface area (Å²) in [5.74, 6) is 0. The van der Waals surface area contributed by atoms with Crippen LogP contribution in [-0.4, -0.2) is 60.3 Å². The Labute approximate surface area is 148 Å². The van der Waals surface area contributed by atoms with Crippen molar-refractivity contribution >= 4 is 23.3 Å². The zero-order valence-corrected chi connectivity index (χ0v) is 15.1. The van der Waals surface area contributed by atoms with E-state index in [1.807, 2.05) is 23.1 Å². The van der Waals surface area contributed by atoms with E-state index in [4.69, 9.17) is 16.3 Å². The van der Waals surface area contributed by atoms with E-state index in [0.29, 0.717) is 10.7 Å². The molecule has 3 atom stereocenters. The number of likely N-dealkylation sites (tertiary alicyclic amines) is 1. The molecule has 5 nitrogen and oxygen atoms in total. The SMILES string of the molecule is C[C@@H]1CN(C[C@H]2CCCN2C(=O)Nc2ccccc2Cl)C[C@H](C)O1. The van der Waals surface area contributed by atoms with Crippen LogP contribution in [-0.2, 0) is 4.74 Å². The number of hydrogen-bond donors (Lipinski definition) is 1. The lowest BCUT2D eigenvalue weighted by Gasteiger charge is -2.38. The normalized spacial score (nSPS) is 28.1. The highest BCUT2D eigenvalue weighted by Crippen LogP contribution is 2.24. The number of ether oxygens (including phenoxy) is 1. The summed E-state index contributed by atoms with van der Waals surface area (Å²) in [6, 6.07) is 7.55. The Balaban J connectivity index is 1.60. The summed E-state index contributed by atoms with van der Waals surface area (Å²) in [7, 11) is 0. The number of halogens is 1. The quantitative estimate of drug-likeness (QED) is 0.907. The first-order valence-corrected chi connectivity index (χ1v) is 9.10. The highest BCUT2D eigenvalue weighted by atomic mass is 35.5. The Morgan fingerprint density at radius 3 is 2.71 bits per heavy atom. The van der Waals surface area contributed by atoms with Gasteiger partial charge >= 0.3 is 6.03 Å². The molecule has 1 N–H and O–H groups in total. The standard InChI is InChI=1S/C18H26ClN3O2/c1-13-10-21(11-14(2)24-13)12-15-6-5-9-22(15)18(23)20-17-8-4-3-7-16(17)19/h3-4,7-8,13-15H,5-6,9-12H2,1-2H3,(H,20,23)/t13-,14+,15-/m1/s1. The molecule has 0 spiro atoms. The van der Waals surface area contributed by atoms with Crippen molar-refractivity contribution in [1.82, 2.24) is 9.80 Å². The maximum atomic E-state index is 12.7. The van der Waals surface area contributed by atoms with Crippen LogP contribution in [0.4, 0.5) is 10.5 Å². The fourth-order valence-electron chi connectivity index (χ4n) is 3.77. The van der Waals surface area contributed by atoms with Crippen LogP contribution in [0.3, 0.4) is 0 Å². The molecule has 1 aromatic rings. The molecular formula is C18H26ClN3O2. The van der Waals surface area contributed by atoms with Crippen molar-refractivity contribution in [3.8, 4) is 0 Å². The molecule has 24 heavy (non-hydrogen) atoms. The zero-order valence-electron chi connectivity index (χ0n) is 14.4. The van der Waals surface area contributed by atoms with Gasteiger partial charge in [-0.2, -0.15) is 0 Å². The second kappa shape index (κ2) is 7.72. The number of urea groups is 1. The second-order valence-electron chi connectivity index (χ2n) is 6.88. The van der Waals surface area contributed by atoms with Gasteiger partial charge in [-0.25, -0.2) is 4.79 Å². The van der Waals surface area contributed by atoms with Gasteiger partial charge in [0.2, 0.25) is 0 Å². The molecular weight excluding hydrogens is 326 g/mol. The number of nitrogens with zero attached hydrogens (tertiary/aromatic N) is 2. The van der Waals surface area contributed by atoms with E-state index in [9.17, 15) is 4.79 Å². The van der Waals surface area contributed by atoms with E-state index in [2.05, 4.69) is 24.1 Å². The van der Waals surface area contributed by atoms with Gasteiger partial charge in [0, 0.05) is 32.2 Å². The second-order valence-corrected chi connectivity index (χ2v) is 7.28. The van der Waals surface area contributed by atoms with Crippen LogP contribution in [0.1, 0.15) is 26.7 Å². The average Bonchev–Trinajstić information content (AvgIpc) is 2.96. The highest BCUT2D eigenvalue weighted by Gasteiger charge is 2.32. The van der Waals surface area contributed by atoms with Crippen molar-refractivity contribution < 1.29 is 9.53 Å². The van der Waals surface area contributed by atoms with Crippen molar-refractivity contribution in [2.45, 2.75) is 44.9 Å². The Bertz CT molecular complexity index is 573. The number of para-hydroxylation sites is 1. The first-order chi connectivity index (χ1) is 11.5. The van der Waals surface area contributed by atoms with Gasteiger partial charge in [-0.05, 0) is 38.8 Å². The van der Waals surface area contributed by atoms with Gasteiger partial charge in [0.25, 0.3) is 0 Å². The van der Waals surface area contributed by atoms with Crippen LogP contribution in [0.25, 0.3) is 0 Å². The van der Waals surface area contributed by atoms with Crippen molar-refractivity contribution in [3.05, 3.63) is 29.3 Å². The first kappa shape index (κ1) is 17.5. The molecule has 6 heteroatoms. The molecule has 2 aliphatic heterocycles. The molecule has 132 valence electrons. The number of benzene rings is 1. The van der Waals surface area contributed by atoms with Crippen LogP contribution in [0.5, 0.6) is 0 Å². The van der Waals surface area contributed by atoms with E-state index in [-0.39, 0.29) is 24.3 Å². The largest absolute Gasteiger partial charge is 0.373 e. The molecule has 2 heterocycles. The van der Waals surface area contributed by atoms with Gasteiger partial charge < -0.3 is 15.0 Å². The molecule has 2 aliphatic rings. The number of rotatable bonds is 3. The summed E-state index contributed by atoms with van der Waals surface area (Å²) in [5.41, 5.74) is 0.670. The summed E-state index contributed by atoms with van der Waals surface area (Å²) in [5, 5.41) is 3.52. The molecule has 0 aliphatic carbocycles. The van der Waals surface area contributed by atoms with E-state index in [1.54, 1.807) is 6.07 Å². The van der Waals surface area contributed by atoms with E-state index in [1.165, 1.54) is 0 Å². The summed E-state index contributed by atoms with van der Waals surface area (Å²) in [6.45, 7) is 7.80. The lowest BCUT2D eigenvalue weighted by atomic mass is 10.1. The number of carbonyl (C=O) groups is 1. The molecule has 0 bridgehead atoms. The molecule has 0 aromatic heterocycles. The van der Waals surface area contributed by atoms with Gasteiger partial charge in [-0.1, -0.05) is 23.7 Å². The Hall–Kier alpha value is -1.30. The average molecular weight is 352 g/mol. The fourth-order valence-corrected chi connectivity index (χ4v) is 3.96. The fraction of sp³-hybridized carbons (Fsp3) is 0.611. The monoisotopic (exact) mass is 351 g/mol. The van der Waals surface area contributed by atoms with E-state index in [0.717, 1.165) is 39.0 Å². The smallest absolute Gasteiger partial charge is 0.322 e. The van der Waals surface area contributed by atoms with Gasteiger partial charge in [-0.3, -0.25) is 4.90 Å². The van der Waals surface area contributed by atoms with Crippen molar-refractivity contribution in [1.29, 1.82) is 0 Å². The van der Waals surface area contributed by atoms with Gasteiger partial charge in [0.1, 0.15) is 0 Å². The molecule has 1 aromatic carbocycles. The summed E-state index contributed by atoms with van der Waals surface area (Å²) < 4.78 is 5.80. The van der Waals surface area contributed by atoms with Gasteiger partial charge in [0.15, 0.2) is 0 Å². The lowest BCUT2D eigenvalue weighted by Crippen LogP contribution is -2.51. The molecule has 0 unspecified atom stereocenters. The minimum atomic E-state index is -0.0556. The van der Waals surface area contributed by atoms with Crippen molar-refractivity contribution in [2.24, 2.45) is 0 Å². The predicted molar refractivity (Wildman–Crippen MR) is 96.6 cm³/mol. The number of carbonyl (C=O) groups excluding carboxylic acids is 1. The lowest BCUT2D eigenvalue weighted by molar-refractivity contribution is -0.0712. The van der Waals surface area contributed by atoms with Crippen LogP contribution < -0.4 is 5.32 Å². The van der Waals surface area contributed by atoms with Crippen LogP contribution in [0.15, 0.2) is 24.3 Å². The summed E-state index contributed by atoms with van der Waals surface area (Å²) >= 11 is 6.14. The van der Waals surface area contributed by atoms with Crippen LogP contribution >= 0.6 is 11.6 Å². The van der Waals surface area contributed by atoms with Crippen molar-refractivity contribution in [3.63, 3.8) is 0 Å². The molecule has 2 amide bonds. The number of nitrogens with one attached hydrogen (secondary N) is 1. The minimum absolute atomic E-state index is 0.0556. The third-order valence-corrected chi connectivity index (χ3v) is 5.05. The Kier molecular flexibility index (Phi) is 5.64. The topological polar surface area (TPSA) is 44.8 Å². The molecule has 0 saturated carbocycles. The molecule has 2 fully saturated rings. The zero-order chi connectivity index (χ0) is 17.1. The third-order valence-electron chi connectivity index (χ3n) is 4.72. The maximum Gasteiger partial charge on any atom is 0.322 e. The van der Waals surface area contributed by atoms with Gasteiger partial charge in [0.05, 0.1) is 22.9 Å². The number of amides is 2. The highest BCUT2D eigenvalue weighted by molar-refractivity contribution is 6.33. The van der Waals surface area contributed by atoms with Crippen LogP contribution in [0.2, 0.25) is 5.02 Å². The maximum absolute atomic E-state index is 12.7. The van der Waals surface area contributed by atoms with Crippen LogP contribution in [0, 0.1) is 0 Å². The molecule has 0 radical (unpaired) electrons. The van der Waals surface area contributed by atoms with Gasteiger partial charge in [-0.15, -0.1) is 0 Å². The van der Waals surface area contributed by atoms with E-state index < -0.39 is 0 Å². The molecule has 2 saturated heterocycles. The number of morpholine rings is 1.